The van der Waals surface area contributed by atoms with Crippen LogP contribution >= 0.6 is 0 Å². The van der Waals surface area contributed by atoms with E-state index in [-0.39, 0.29) is 32.9 Å². The molecular weight excluding hydrogens is 451 g/mol. The van der Waals surface area contributed by atoms with E-state index in [1.165, 1.54) is 55.8 Å². The van der Waals surface area contributed by atoms with Crippen molar-refractivity contribution in [3.05, 3.63) is 76.5 Å². The zero-order valence-corrected chi connectivity index (χ0v) is 17.1. The number of methoxy groups -OCH3 is 1. The summed E-state index contributed by atoms with van der Waals surface area (Å²) in [5, 5.41) is 7.25. The zero-order valence-electron chi connectivity index (χ0n) is 16.3. The monoisotopic (exact) mass is 465 g/mol. The number of benzene rings is 2. The quantitative estimate of drug-likeness (QED) is 0.445. The molecule has 0 atom stereocenters. The first kappa shape index (κ1) is 21.6. The Morgan fingerprint density at radius 1 is 1.06 bits per heavy atom. The Morgan fingerprint density at radius 3 is 2.38 bits per heavy atom. The predicted octanol–water partition coefficient (Wildman–Crippen LogP) is 3.29. The van der Waals surface area contributed by atoms with Gasteiger partial charge < -0.3 is 9.26 Å². The van der Waals surface area contributed by atoms with Gasteiger partial charge in [-0.25, -0.2) is 13.1 Å². The molecule has 0 aliphatic carbocycles. The number of rotatable bonds is 5. The maximum Gasteiger partial charge on any atom is 0.436 e. The van der Waals surface area contributed by atoms with Crippen molar-refractivity contribution in [3.63, 3.8) is 0 Å². The fourth-order valence-corrected chi connectivity index (χ4v) is 4.30. The van der Waals surface area contributed by atoms with Crippen LogP contribution in [-0.2, 0) is 22.6 Å². The summed E-state index contributed by atoms with van der Waals surface area (Å²) in [4.78, 5) is 12.7. The van der Waals surface area contributed by atoms with Crippen LogP contribution in [0, 0.1) is 0 Å². The van der Waals surface area contributed by atoms with E-state index in [4.69, 9.17) is 4.74 Å². The van der Waals surface area contributed by atoms with Gasteiger partial charge in [0.15, 0.2) is 11.5 Å². The van der Waals surface area contributed by atoms with Crippen LogP contribution in [0.3, 0.4) is 0 Å². The molecule has 0 fully saturated rings. The topological polar surface area (TPSA) is 104 Å². The number of sulfone groups is 1. The number of halogens is 3. The predicted molar refractivity (Wildman–Crippen MR) is 105 cm³/mol. The summed E-state index contributed by atoms with van der Waals surface area (Å²) in [7, 11) is -2.40. The van der Waals surface area contributed by atoms with Gasteiger partial charge in [-0.15, -0.1) is 0 Å². The van der Waals surface area contributed by atoms with Crippen LogP contribution in [0.15, 0.2) is 73.8 Å². The molecule has 0 N–H and O–H groups in total. The number of fused-ring (bicyclic) bond motifs is 1. The van der Waals surface area contributed by atoms with Crippen LogP contribution in [0.25, 0.3) is 10.8 Å². The fraction of sp³-hybridized carbons (Fsp3) is 0.150. The molecule has 0 aliphatic rings. The first-order chi connectivity index (χ1) is 15.1. The van der Waals surface area contributed by atoms with E-state index in [1.54, 1.807) is 0 Å². The molecule has 32 heavy (non-hydrogen) atoms. The highest BCUT2D eigenvalue weighted by Gasteiger charge is 2.35. The van der Waals surface area contributed by atoms with Crippen LogP contribution in [0.2, 0.25) is 0 Å². The molecule has 4 aromatic rings. The Morgan fingerprint density at radius 2 is 1.75 bits per heavy atom. The van der Waals surface area contributed by atoms with E-state index in [9.17, 15) is 26.4 Å². The minimum atomic E-state index is -4.67. The Bertz CT molecular complexity index is 1460. The Kier molecular flexibility index (Phi) is 5.25. The van der Waals surface area contributed by atoms with Gasteiger partial charge in [0.1, 0.15) is 12.3 Å². The number of ether oxygens (including phenoxy) is 1. The number of aromatic nitrogens is 3. The van der Waals surface area contributed by atoms with Crippen molar-refractivity contribution in [1.29, 1.82) is 0 Å². The minimum absolute atomic E-state index is 0.0424. The van der Waals surface area contributed by atoms with Crippen molar-refractivity contribution in [2.75, 3.05) is 7.11 Å². The van der Waals surface area contributed by atoms with Crippen molar-refractivity contribution >= 4 is 20.6 Å². The van der Waals surface area contributed by atoms with Crippen LogP contribution in [0.5, 0.6) is 5.75 Å². The maximum absolute atomic E-state index is 12.9. The lowest BCUT2D eigenvalue weighted by Crippen LogP contribution is -2.23. The summed E-state index contributed by atoms with van der Waals surface area (Å²) >= 11 is 0. The molecule has 12 heteroatoms. The molecule has 0 radical (unpaired) electrons. The Balaban J connectivity index is 1.67. The summed E-state index contributed by atoms with van der Waals surface area (Å²) in [6.45, 7) is -0.371. The number of hydrogen-bond acceptors (Lipinski definition) is 7. The molecule has 0 unspecified atom stereocenters. The highest BCUT2D eigenvalue weighted by Crippen LogP contribution is 2.29. The fourth-order valence-electron chi connectivity index (χ4n) is 3.01. The van der Waals surface area contributed by atoms with Crippen molar-refractivity contribution in [2.24, 2.45) is 0 Å². The molecule has 0 saturated carbocycles. The van der Waals surface area contributed by atoms with Crippen LogP contribution < -0.4 is 10.3 Å². The van der Waals surface area contributed by atoms with E-state index >= 15 is 0 Å². The first-order valence-corrected chi connectivity index (χ1v) is 10.5. The molecule has 0 bridgehead atoms. The van der Waals surface area contributed by atoms with Gasteiger partial charge >= 0.3 is 6.18 Å². The molecule has 2 aromatic heterocycles. The maximum atomic E-state index is 12.9. The van der Waals surface area contributed by atoms with Crippen molar-refractivity contribution < 1.29 is 30.8 Å². The number of hydrogen-bond donors (Lipinski definition) is 0. The molecule has 2 heterocycles. The molecule has 166 valence electrons. The normalized spacial score (nSPS) is 12.2. The highest BCUT2D eigenvalue weighted by atomic mass is 32.2. The Labute approximate surface area is 178 Å². The molecule has 2 aromatic carbocycles. The second-order valence-corrected chi connectivity index (χ2v) is 8.66. The van der Waals surface area contributed by atoms with Gasteiger partial charge in [-0.1, -0.05) is 5.16 Å². The summed E-state index contributed by atoms with van der Waals surface area (Å²) in [5.74, 6) is 0.298. The third-order valence-corrected chi connectivity index (χ3v) is 6.43. The van der Waals surface area contributed by atoms with Gasteiger partial charge in [-0.2, -0.15) is 18.3 Å². The molecule has 4 rings (SSSR count). The van der Waals surface area contributed by atoms with Gasteiger partial charge in [0.25, 0.3) is 5.56 Å². The molecular formula is C20H14F3N3O5S. The molecule has 0 amide bonds. The summed E-state index contributed by atoms with van der Waals surface area (Å²) in [6, 6.07) is 10.4. The van der Waals surface area contributed by atoms with E-state index in [1.807, 2.05) is 0 Å². The lowest BCUT2D eigenvalue weighted by Gasteiger charge is -2.08. The standard InChI is InChI=1S/C20H14F3N3O5S/c1-30-13-2-4-15(5-3-13)32(28,29)16-6-7-17-12(8-16)10-24-26(19(17)27)11-14-9-18(25-31-14)20(21,22)23/h2-10H,11H2,1H3. The van der Waals surface area contributed by atoms with E-state index in [2.05, 4.69) is 14.8 Å². The van der Waals surface area contributed by atoms with Crippen LogP contribution in [0.4, 0.5) is 13.2 Å². The number of alkyl halides is 3. The van der Waals surface area contributed by atoms with Crippen molar-refractivity contribution in [2.45, 2.75) is 22.5 Å². The molecule has 0 aliphatic heterocycles. The van der Waals surface area contributed by atoms with Crippen molar-refractivity contribution in [3.8, 4) is 5.75 Å². The highest BCUT2D eigenvalue weighted by molar-refractivity contribution is 7.91. The largest absolute Gasteiger partial charge is 0.497 e. The average molecular weight is 465 g/mol. The molecule has 8 nitrogen and oxygen atoms in total. The second kappa shape index (κ2) is 7.79. The Hall–Kier alpha value is -3.67. The van der Waals surface area contributed by atoms with Gasteiger partial charge in [-0.05, 0) is 42.5 Å². The zero-order chi connectivity index (χ0) is 23.1. The smallest absolute Gasteiger partial charge is 0.436 e. The SMILES string of the molecule is COc1ccc(S(=O)(=O)c2ccc3c(=O)n(Cc4cc(C(F)(F)F)no4)ncc3c2)cc1. The third kappa shape index (κ3) is 3.96. The summed E-state index contributed by atoms with van der Waals surface area (Å²) < 4.78 is 74.3. The molecule has 0 saturated heterocycles. The van der Waals surface area contributed by atoms with E-state index in [0.29, 0.717) is 11.8 Å². The first-order valence-electron chi connectivity index (χ1n) is 9.01. The van der Waals surface area contributed by atoms with Crippen LogP contribution in [0.1, 0.15) is 11.5 Å². The van der Waals surface area contributed by atoms with Gasteiger partial charge in [0, 0.05) is 11.5 Å². The third-order valence-electron chi connectivity index (χ3n) is 4.66. The van der Waals surface area contributed by atoms with Gasteiger partial charge in [-0.3, -0.25) is 4.79 Å². The molecule has 0 spiro atoms. The van der Waals surface area contributed by atoms with Crippen LogP contribution in [-0.4, -0.2) is 30.5 Å². The van der Waals surface area contributed by atoms with Gasteiger partial charge in [0.2, 0.25) is 9.84 Å². The van der Waals surface area contributed by atoms with E-state index < -0.39 is 27.3 Å². The van der Waals surface area contributed by atoms with Gasteiger partial charge in [0.05, 0.1) is 28.5 Å². The van der Waals surface area contributed by atoms with Crippen molar-refractivity contribution in [1.82, 2.24) is 14.9 Å². The lowest BCUT2D eigenvalue weighted by atomic mass is 10.2. The summed E-state index contributed by atoms with van der Waals surface area (Å²) in [6.07, 6.45) is -3.42. The summed E-state index contributed by atoms with van der Waals surface area (Å²) in [5.41, 5.74) is -1.84. The van der Waals surface area contributed by atoms with E-state index in [0.717, 1.165) is 4.68 Å². The number of nitrogens with zero attached hydrogens (tertiary/aromatic N) is 3. The average Bonchev–Trinajstić information content (AvgIpc) is 3.25. The second-order valence-electron chi connectivity index (χ2n) is 6.71. The minimum Gasteiger partial charge on any atom is -0.497 e. The lowest BCUT2D eigenvalue weighted by molar-refractivity contribution is -0.142.